The molecule has 1 unspecified atom stereocenters. The van der Waals surface area contributed by atoms with Gasteiger partial charge in [0.05, 0.1) is 14.2 Å². The number of methoxy groups -OCH3 is 2. The van der Waals surface area contributed by atoms with Crippen molar-refractivity contribution in [2.75, 3.05) is 27.6 Å². The predicted molar refractivity (Wildman–Crippen MR) is 92.7 cm³/mol. The molecule has 0 spiro atoms. The fourth-order valence-electron chi connectivity index (χ4n) is 4.36. The van der Waals surface area contributed by atoms with Crippen LogP contribution in [0.2, 0.25) is 0 Å². The second kappa shape index (κ2) is 5.56. The van der Waals surface area contributed by atoms with Crippen molar-refractivity contribution < 1.29 is 18.9 Å². The first kappa shape index (κ1) is 14.9. The van der Waals surface area contributed by atoms with E-state index in [2.05, 4.69) is 23.1 Å². The summed E-state index contributed by atoms with van der Waals surface area (Å²) in [5, 5.41) is 0. The van der Waals surface area contributed by atoms with Crippen LogP contribution in [0, 0.1) is 0 Å². The van der Waals surface area contributed by atoms with Crippen molar-refractivity contribution in [3.63, 3.8) is 0 Å². The standard InChI is InChI=1S/C20H21NO4/c1-22-18-8-13-5-6-21-10-15-12(3-4-17-20(15)25-11-24-17)7-16(21)14(13)9-19(18)23-2/h3-4,8-9,16H,5-7,10-11H2,1-2H3. The van der Waals surface area contributed by atoms with E-state index in [4.69, 9.17) is 18.9 Å². The fraction of sp³-hybridized carbons (Fsp3) is 0.400. The maximum atomic E-state index is 5.73. The highest BCUT2D eigenvalue weighted by molar-refractivity contribution is 5.55. The maximum absolute atomic E-state index is 5.73. The lowest BCUT2D eigenvalue weighted by Gasteiger charge is -2.41. The summed E-state index contributed by atoms with van der Waals surface area (Å²) in [5.41, 5.74) is 5.36. The van der Waals surface area contributed by atoms with Gasteiger partial charge in [-0.2, -0.15) is 0 Å². The molecule has 3 aliphatic heterocycles. The summed E-state index contributed by atoms with van der Waals surface area (Å²) in [7, 11) is 3.39. The van der Waals surface area contributed by atoms with Crippen LogP contribution >= 0.6 is 0 Å². The number of benzene rings is 2. The largest absolute Gasteiger partial charge is 0.493 e. The van der Waals surface area contributed by atoms with E-state index in [-0.39, 0.29) is 0 Å². The monoisotopic (exact) mass is 339 g/mol. The predicted octanol–water partition coefficient (Wildman–Crippen LogP) is 3.09. The summed E-state index contributed by atoms with van der Waals surface area (Å²) in [6.45, 7) is 2.27. The summed E-state index contributed by atoms with van der Waals surface area (Å²) in [6.07, 6.45) is 2.00. The Bertz CT molecular complexity index is 848. The molecule has 0 bridgehead atoms. The summed E-state index contributed by atoms with van der Waals surface area (Å²) < 4.78 is 22.3. The van der Waals surface area contributed by atoms with Gasteiger partial charge in [-0.15, -0.1) is 0 Å². The van der Waals surface area contributed by atoms with Crippen LogP contribution in [0.1, 0.15) is 28.3 Å². The van der Waals surface area contributed by atoms with Crippen LogP contribution < -0.4 is 18.9 Å². The first-order valence-corrected chi connectivity index (χ1v) is 8.67. The van der Waals surface area contributed by atoms with Gasteiger partial charge in [0.25, 0.3) is 0 Å². The van der Waals surface area contributed by atoms with E-state index >= 15 is 0 Å². The van der Waals surface area contributed by atoms with Crippen LogP contribution in [0.3, 0.4) is 0 Å². The minimum absolute atomic E-state index is 0.328. The van der Waals surface area contributed by atoms with Gasteiger partial charge in [-0.05, 0) is 47.7 Å². The Morgan fingerprint density at radius 1 is 1.04 bits per heavy atom. The van der Waals surface area contributed by atoms with Gasteiger partial charge in [-0.1, -0.05) is 6.07 Å². The molecule has 0 amide bonds. The van der Waals surface area contributed by atoms with E-state index in [9.17, 15) is 0 Å². The Labute approximate surface area is 147 Å². The second-order valence-corrected chi connectivity index (χ2v) is 6.78. The third kappa shape index (κ3) is 2.19. The van der Waals surface area contributed by atoms with Gasteiger partial charge >= 0.3 is 0 Å². The van der Waals surface area contributed by atoms with Crippen molar-refractivity contribution in [2.24, 2.45) is 0 Å². The molecule has 5 heteroatoms. The maximum Gasteiger partial charge on any atom is 0.231 e. The number of fused-ring (bicyclic) bond motifs is 6. The van der Waals surface area contributed by atoms with E-state index in [0.717, 1.165) is 48.9 Å². The number of rotatable bonds is 2. The molecule has 0 saturated carbocycles. The molecule has 5 rings (SSSR count). The van der Waals surface area contributed by atoms with Gasteiger partial charge in [0.1, 0.15) is 0 Å². The molecule has 0 aliphatic carbocycles. The molecular weight excluding hydrogens is 318 g/mol. The number of hydrogen-bond acceptors (Lipinski definition) is 5. The van der Waals surface area contributed by atoms with Crippen molar-refractivity contribution in [3.05, 3.63) is 46.5 Å². The van der Waals surface area contributed by atoms with Crippen molar-refractivity contribution in [1.82, 2.24) is 4.90 Å². The molecular formula is C20H21NO4. The van der Waals surface area contributed by atoms with Crippen LogP contribution in [-0.4, -0.2) is 32.5 Å². The lowest BCUT2D eigenvalue weighted by atomic mass is 9.83. The lowest BCUT2D eigenvalue weighted by molar-refractivity contribution is 0.151. The minimum Gasteiger partial charge on any atom is -0.493 e. The number of hydrogen-bond donors (Lipinski definition) is 0. The van der Waals surface area contributed by atoms with Gasteiger partial charge in [0.15, 0.2) is 23.0 Å². The molecule has 2 aromatic rings. The molecule has 25 heavy (non-hydrogen) atoms. The molecule has 0 saturated heterocycles. The Morgan fingerprint density at radius 2 is 1.88 bits per heavy atom. The Balaban J connectivity index is 1.57. The highest BCUT2D eigenvalue weighted by Gasteiger charge is 2.35. The first-order valence-electron chi connectivity index (χ1n) is 8.67. The Kier molecular flexibility index (Phi) is 3.31. The third-order valence-corrected chi connectivity index (χ3v) is 5.63. The highest BCUT2D eigenvalue weighted by atomic mass is 16.7. The molecule has 0 N–H and O–H groups in total. The van der Waals surface area contributed by atoms with Crippen LogP contribution in [-0.2, 0) is 19.4 Å². The van der Waals surface area contributed by atoms with E-state index in [0.29, 0.717) is 12.8 Å². The third-order valence-electron chi connectivity index (χ3n) is 5.63. The van der Waals surface area contributed by atoms with Crippen LogP contribution in [0.25, 0.3) is 0 Å². The Morgan fingerprint density at radius 3 is 2.72 bits per heavy atom. The van der Waals surface area contributed by atoms with Crippen molar-refractivity contribution in [2.45, 2.75) is 25.4 Å². The van der Waals surface area contributed by atoms with Gasteiger partial charge in [-0.25, -0.2) is 0 Å². The zero-order chi connectivity index (χ0) is 17.0. The second-order valence-electron chi connectivity index (χ2n) is 6.78. The molecule has 3 heterocycles. The van der Waals surface area contributed by atoms with Gasteiger partial charge in [-0.3, -0.25) is 4.90 Å². The average molecular weight is 339 g/mol. The number of ether oxygens (including phenoxy) is 4. The summed E-state index contributed by atoms with van der Waals surface area (Å²) >= 11 is 0. The van der Waals surface area contributed by atoms with E-state index in [1.54, 1.807) is 14.2 Å². The zero-order valence-corrected chi connectivity index (χ0v) is 14.5. The van der Waals surface area contributed by atoms with Crippen LogP contribution in [0.5, 0.6) is 23.0 Å². The van der Waals surface area contributed by atoms with E-state index in [1.165, 1.54) is 22.3 Å². The normalized spacial score (nSPS) is 20.5. The molecule has 2 aromatic carbocycles. The molecule has 130 valence electrons. The van der Waals surface area contributed by atoms with E-state index < -0.39 is 0 Å². The SMILES string of the molecule is COc1cc2c(cc1OC)C1Cc3ccc4c(c3CN1CC2)OCO4. The van der Waals surface area contributed by atoms with E-state index in [1.807, 2.05) is 6.07 Å². The van der Waals surface area contributed by atoms with Gasteiger partial charge < -0.3 is 18.9 Å². The van der Waals surface area contributed by atoms with Gasteiger partial charge in [0.2, 0.25) is 6.79 Å². The average Bonchev–Trinajstić information content (AvgIpc) is 3.14. The molecule has 5 nitrogen and oxygen atoms in total. The topological polar surface area (TPSA) is 40.2 Å². The van der Waals surface area contributed by atoms with Crippen LogP contribution in [0.15, 0.2) is 24.3 Å². The molecule has 0 radical (unpaired) electrons. The smallest absolute Gasteiger partial charge is 0.231 e. The summed E-state index contributed by atoms with van der Waals surface area (Å²) in [5.74, 6) is 3.43. The fourth-order valence-corrected chi connectivity index (χ4v) is 4.36. The minimum atomic E-state index is 0.328. The van der Waals surface area contributed by atoms with Crippen molar-refractivity contribution in [3.8, 4) is 23.0 Å². The highest BCUT2D eigenvalue weighted by Crippen LogP contribution is 2.46. The van der Waals surface area contributed by atoms with Crippen LogP contribution in [0.4, 0.5) is 0 Å². The Hall–Kier alpha value is -2.40. The first-order chi connectivity index (χ1) is 12.3. The molecule has 1 atom stereocenters. The van der Waals surface area contributed by atoms with Gasteiger partial charge in [0, 0.05) is 24.7 Å². The molecule has 0 aromatic heterocycles. The zero-order valence-electron chi connectivity index (χ0n) is 14.5. The molecule has 3 aliphatic rings. The van der Waals surface area contributed by atoms with Crippen molar-refractivity contribution >= 4 is 0 Å². The lowest BCUT2D eigenvalue weighted by Crippen LogP contribution is -2.39. The summed E-state index contributed by atoms with van der Waals surface area (Å²) in [6, 6.07) is 8.89. The molecule has 0 fully saturated rings. The number of nitrogens with zero attached hydrogens (tertiary/aromatic N) is 1. The summed E-state index contributed by atoms with van der Waals surface area (Å²) in [4.78, 5) is 2.54. The quantitative estimate of drug-likeness (QED) is 0.841. The van der Waals surface area contributed by atoms with Crippen molar-refractivity contribution in [1.29, 1.82) is 0 Å².